The van der Waals surface area contributed by atoms with E-state index in [-0.39, 0.29) is 11.6 Å². The second kappa shape index (κ2) is 5.17. The van der Waals surface area contributed by atoms with Gasteiger partial charge in [0.05, 0.1) is 5.54 Å². The minimum atomic E-state index is -0.164. The minimum Gasteiger partial charge on any atom is -0.336 e. The third-order valence-electron chi connectivity index (χ3n) is 4.87. The molecule has 2 aliphatic heterocycles. The fourth-order valence-electron chi connectivity index (χ4n) is 3.18. The lowest BCUT2D eigenvalue weighted by Gasteiger charge is -2.36. The van der Waals surface area contributed by atoms with Gasteiger partial charge in [0, 0.05) is 19.0 Å². The molecule has 104 valence electrons. The first-order valence-corrected chi connectivity index (χ1v) is 7.16. The summed E-state index contributed by atoms with van der Waals surface area (Å²) in [6.07, 6.45) is 3.96. The smallest absolute Gasteiger partial charge is 0.223 e. The molecule has 4 heteroatoms. The molecule has 4 nitrogen and oxygen atoms in total. The predicted molar refractivity (Wildman–Crippen MR) is 73.2 cm³/mol. The Labute approximate surface area is 110 Å². The van der Waals surface area contributed by atoms with E-state index in [2.05, 4.69) is 25.8 Å². The van der Waals surface area contributed by atoms with Crippen LogP contribution in [0.5, 0.6) is 0 Å². The molecule has 2 fully saturated rings. The molecule has 0 spiro atoms. The Kier molecular flexibility index (Phi) is 3.97. The Hall–Kier alpha value is -0.610. The van der Waals surface area contributed by atoms with E-state index in [0.29, 0.717) is 18.2 Å². The highest BCUT2D eigenvalue weighted by atomic mass is 16.2. The Bertz CT molecular complexity index is 308. The first-order chi connectivity index (χ1) is 8.41. The van der Waals surface area contributed by atoms with Crippen molar-refractivity contribution in [1.82, 2.24) is 9.80 Å². The molecule has 2 saturated heterocycles. The summed E-state index contributed by atoms with van der Waals surface area (Å²) in [5.74, 6) is 0.879. The van der Waals surface area contributed by atoms with Crippen LogP contribution in [0.3, 0.4) is 0 Å². The number of amides is 1. The zero-order valence-corrected chi connectivity index (χ0v) is 12.0. The maximum absolute atomic E-state index is 12.4. The molecule has 2 rings (SSSR count). The van der Waals surface area contributed by atoms with Crippen LogP contribution >= 0.6 is 0 Å². The number of carbonyl (C=O) groups is 1. The normalized spacial score (nSPS) is 29.8. The standard InChI is InChI=1S/C14H27N3O/c1-14(2)12(15)6-9-17(14)13(18)10-11-4-7-16(3)8-5-11/h11-12H,4-10,15H2,1-3H3. The third kappa shape index (κ3) is 2.69. The number of hydrogen-bond acceptors (Lipinski definition) is 3. The van der Waals surface area contributed by atoms with E-state index in [4.69, 9.17) is 5.73 Å². The molecule has 2 heterocycles. The molecule has 18 heavy (non-hydrogen) atoms. The first-order valence-electron chi connectivity index (χ1n) is 7.16. The molecule has 0 bridgehead atoms. The number of nitrogens with zero attached hydrogens (tertiary/aromatic N) is 2. The van der Waals surface area contributed by atoms with Gasteiger partial charge in [-0.25, -0.2) is 0 Å². The van der Waals surface area contributed by atoms with Crippen LogP contribution in [-0.2, 0) is 4.79 Å². The van der Waals surface area contributed by atoms with Gasteiger partial charge < -0.3 is 15.5 Å². The summed E-state index contributed by atoms with van der Waals surface area (Å²) >= 11 is 0. The molecular weight excluding hydrogens is 226 g/mol. The van der Waals surface area contributed by atoms with Gasteiger partial charge in [0.15, 0.2) is 0 Å². The monoisotopic (exact) mass is 253 g/mol. The minimum absolute atomic E-state index is 0.124. The van der Waals surface area contributed by atoms with Gasteiger partial charge in [0.2, 0.25) is 5.91 Å². The van der Waals surface area contributed by atoms with Gasteiger partial charge >= 0.3 is 0 Å². The average Bonchev–Trinajstić information content (AvgIpc) is 2.57. The van der Waals surface area contributed by atoms with Crippen molar-refractivity contribution < 1.29 is 4.79 Å². The van der Waals surface area contributed by atoms with Crippen molar-refractivity contribution in [2.24, 2.45) is 11.7 Å². The van der Waals surface area contributed by atoms with Gasteiger partial charge in [-0.05, 0) is 59.2 Å². The number of piperidine rings is 1. The van der Waals surface area contributed by atoms with Crippen molar-refractivity contribution in [3.05, 3.63) is 0 Å². The van der Waals surface area contributed by atoms with Crippen LogP contribution in [0.1, 0.15) is 39.5 Å². The van der Waals surface area contributed by atoms with E-state index in [9.17, 15) is 4.79 Å². The van der Waals surface area contributed by atoms with Crippen LogP contribution in [0.15, 0.2) is 0 Å². The van der Waals surface area contributed by atoms with Crippen LogP contribution in [0.25, 0.3) is 0 Å². The van der Waals surface area contributed by atoms with E-state index in [1.807, 2.05) is 4.90 Å². The van der Waals surface area contributed by atoms with Gasteiger partial charge in [-0.3, -0.25) is 4.79 Å². The second-order valence-electron chi connectivity index (χ2n) is 6.54. The summed E-state index contributed by atoms with van der Waals surface area (Å²) in [5.41, 5.74) is 5.93. The molecule has 0 aromatic heterocycles. The molecule has 0 radical (unpaired) electrons. The molecule has 1 atom stereocenters. The molecule has 0 aromatic carbocycles. The van der Waals surface area contributed by atoms with E-state index in [1.165, 1.54) is 0 Å². The Morgan fingerprint density at radius 3 is 2.33 bits per heavy atom. The summed E-state index contributed by atoms with van der Waals surface area (Å²) < 4.78 is 0. The summed E-state index contributed by atoms with van der Waals surface area (Å²) in [7, 11) is 2.15. The fraction of sp³-hybridized carbons (Fsp3) is 0.929. The maximum atomic E-state index is 12.4. The van der Waals surface area contributed by atoms with E-state index in [0.717, 1.165) is 38.9 Å². The molecule has 2 aliphatic rings. The lowest BCUT2D eigenvalue weighted by molar-refractivity contribution is -0.135. The van der Waals surface area contributed by atoms with Crippen LogP contribution in [-0.4, -0.2) is 54.0 Å². The van der Waals surface area contributed by atoms with Gasteiger partial charge in [-0.1, -0.05) is 0 Å². The number of nitrogens with two attached hydrogens (primary N) is 1. The van der Waals surface area contributed by atoms with Crippen molar-refractivity contribution in [2.75, 3.05) is 26.7 Å². The summed E-state index contributed by atoms with van der Waals surface area (Å²) in [6.45, 7) is 7.27. The summed E-state index contributed by atoms with van der Waals surface area (Å²) in [6, 6.07) is 0.124. The lowest BCUT2D eigenvalue weighted by Crippen LogP contribution is -2.51. The number of carbonyl (C=O) groups excluding carboxylic acids is 1. The highest BCUT2D eigenvalue weighted by molar-refractivity contribution is 5.77. The van der Waals surface area contributed by atoms with Gasteiger partial charge in [0.1, 0.15) is 0 Å². The van der Waals surface area contributed by atoms with Crippen molar-refractivity contribution in [1.29, 1.82) is 0 Å². The largest absolute Gasteiger partial charge is 0.336 e. The number of likely N-dealkylation sites (tertiary alicyclic amines) is 2. The molecule has 0 aliphatic carbocycles. The quantitative estimate of drug-likeness (QED) is 0.800. The number of hydrogen-bond donors (Lipinski definition) is 1. The van der Waals surface area contributed by atoms with E-state index < -0.39 is 0 Å². The molecule has 2 N–H and O–H groups in total. The highest BCUT2D eigenvalue weighted by Crippen LogP contribution is 2.30. The topological polar surface area (TPSA) is 49.6 Å². The van der Waals surface area contributed by atoms with Gasteiger partial charge in [0.25, 0.3) is 0 Å². The SMILES string of the molecule is CN1CCC(CC(=O)N2CCC(N)C2(C)C)CC1. The lowest BCUT2D eigenvalue weighted by atomic mass is 9.91. The zero-order chi connectivity index (χ0) is 13.3. The van der Waals surface area contributed by atoms with Crippen LogP contribution in [0, 0.1) is 5.92 Å². The predicted octanol–water partition coefficient (Wildman–Crippen LogP) is 1.06. The van der Waals surface area contributed by atoms with Crippen molar-refractivity contribution in [3.63, 3.8) is 0 Å². The van der Waals surface area contributed by atoms with Crippen molar-refractivity contribution >= 4 is 5.91 Å². The Balaban J connectivity index is 1.89. The zero-order valence-electron chi connectivity index (χ0n) is 12.0. The molecular formula is C14H27N3O. The first kappa shape index (κ1) is 13.8. The van der Waals surface area contributed by atoms with Crippen LogP contribution in [0.2, 0.25) is 0 Å². The second-order valence-corrected chi connectivity index (χ2v) is 6.54. The average molecular weight is 253 g/mol. The van der Waals surface area contributed by atoms with E-state index in [1.54, 1.807) is 0 Å². The fourth-order valence-corrected chi connectivity index (χ4v) is 3.18. The molecule has 0 aromatic rings. The summed E-state index contributed by atoms with van der Waals surface area (Å²) in [5, 5.41) is 0. The van der Waals surface area contributed by atoms with E-state index >= 15 is 0 Å². The number of rotatable bonds is 2. The van der Waals surface area contributed by atoms with Crippen molar-refractivity contribution in [3.8, 4) is 0 Å². The molecule has 1 unspecified atom stereocenters. The van der Waals surface area contributed by atoms with Crippen LogP contribution in [0.4, 0.5) is 0 Å². The Morgan fingerprint density at radius 2 is 1.83 bits per heavy atom. The van der Waals surface area contributed by atoms with Crippen LogP contribution < -0.4 is 5.73 Å². The molecule has 1 amide bonds. The maximum Gasteiger partial charge on any atom is 0.223 e. The van der Waals surface area contributed by atoms with Gasteiger partial charge in [-0.15, -0.1) is 0 Å². The summed E-state index contributed by atoms with van der Waals surface area (Å²) in [4.78, 5) is 16.8. The molecule has 0 saturated carbocycles. The highest BCUT2D eigenvalue weighted by Gasteiger charge is 2.41. The third-order valence-corrected chi connectivity index (χ3v) is 4.87. The van der Waals surface area contributed by atoms with Gasteiger partial charge in [-0.2, -0.15) is 0 Å². The van der Waals surface area contributed by atoms with Crippen molar-refractivity contribution in [2.45, 2.75) is 51.1 Å². The Morgan fingerprint density at radius 1 is 1.22 bits per heavy atom.